The summed E-state index contributed by atoms with van der Waals surface area (Å²) in [5.41, 5.74) is 8.70. The molecule has 86 valence electrons. The van der Waals surface area contributed by atoms with Gasteiger partial charge in [0, 0.05) is 17.0 Å². The largest absolute Gasteiger partial charge is 0.454 e. The average Bonchev–Trinajstić information content (AvgIpc) is 2.91. The Morgan fingerprint density at radius 1 is 1.31 bits per heavy atom. The Labute approximate surface area is 95.5 Å². The van der Waals surface area contributed by atoms with E-state index in [-0.39, 0.29) is 11.5 Å². The van der Waals surface area contributed by atoms with Crippen LogP contribution in [-0.4, -0.2) is 12.8 Å². The average molecular weight is 219 g/mol. The molecule has 2 N–H and O–H groups in total. The zero-order chi connectivity index (χ0) is 11.3. The van der Waals surface area contributed by atoms with Gasteiger partial charge in [-0.15, -0.1) is 0 Å². The number of rotatable bonds is 2. The van der Waals surface area contributed by atoms with Gasteiger partial charge in [-0.1, -0.05) is 6.07 Å². The van der Waals surface area contributed by atoms with Gasteiger partial charge in [0.25, 0.3) is 0 Å². The van der Waals surface area contributed by atoms with Crippen molar-refractivity contribution in [1.82, 2.24) is 0 Å². The van der Waals surface area contributed by atoms with Crippen LogP contribution in [0, 0.1) is 6.92 Å². The molecule has 0 aromatic heterocycles. The van der Waals surface area contributed by atoms with Crippen LogP contribution >= 0.6 is 0 Å². The van der Waals surface area contributed by atoms with Gasteiger partial charge < -0.3 is 15.2 Å². The molecule has 1 fully saturated rings. The molecule has 0 spiro atoms. The Morgan fingerprint density at radius 2 is 2.06 bits per heavy atom. The summed E-state index contributed by atoms with van der Waals surface area (Å²) in [6, 6.07) is 4.40. The Balaban J connectivity index is 2.14. The molecule has 1 heterocycles. The number of nitrogens with two attached hydrogens (primary N) is 1. The Kier molecular flexibility index (Phi) is 1.96. The van der Waals surface area contributed by atoms with Crippen LogP contribution in [0.4, 0.5) is 0 Å². The highest BCUT2D eigenvalue weighted by molar-refractivity contribution is 5.56. The van der Waals surface area contributed by atoms with E-state index < -0.39 is 0 Å². The highest BCUT2D eigenvalue weighted by Gasteiger charge is 2.50. The Bertz CT molecular complexity index is 436. The minimum Gasteiger partial charge on any atom is -0.454 e. The molecule has 0 saturated heterocycles. The zero-order valence-corrected chi connectivity index (χ0v) is 9.75. The smallest absolute Gasteiger partial charge is 0.231 e. The monoisotopic (exact) mass is 219 g/mol. The molecule has 3 nitrogen and oxygen atoms in total. The molecule has 0 bridgehead atoms. The van der Waals surface area contributed by atoms with E-state index in [1.165, 1.54) is 11.1 Å². The number of fused-ring (bicyclic) bond motifs is 1. The van der Waals surface area contributed by atoms with Crippen molar-refractivity contribution in [1.29, 1.82) is 0 Å². The maximum Gasteiger partial charge on any atom is 0.231 e. The van der Waals surface area contributed by atoms with E-state index in [4.69, 9.17) is 15.2 Å². The number of ether oxygens (including phenoxy) is 2. The molecule has 2 aliphatic rings. The summed E-state index contributed by atoms with van der Waals surface area (Å²) in [6.07, 6.45) is 2.31. The second-order valence-corrected chi connectivity index (χ2v) is 4.99. The molecule has 0 amide bonds. The van der Waals surface area contributed by atoms with E-state index >= 15 is 0 Å². The van der Waals surface area contributed by atoms with Crippen LogP contribution in [0.1, 0.15) is 30.9 Å². The summed E-state index contributed by atoms with van der Waals surface area (Å²) in [7, 11) is 0. The van der Waals surface area contributed by atoms with Gasteiger partial charge in [0.05, 0.1) is 0 Å². The van der Waals surface area contributed by atoms with Gasteiger partial charge in [0.15, 0.2) is 11.5 Å². The van der Waals surface area contributed by atoms with Crippen LogP contribution in [0.25, 0.3) is 0 Å². The Morgan fingerprint density at radius 3 is 2.69 bits per heavy atom. The van der Waals surface area contributed by atoms with Gasteiger partial charge in [-0.05, 0) is 38.3 Å². The molecule has 3 heteroatoms. The first-order valence-electron chi connectivity index (χ1n) is 5.80. The minimum absolute atomic E-state index is 0.129. The standard InChI is InChI=1S/C13H17NO2/c1-8-5-10(13(3-4-13)9(2)14)12-11(6-8)15-7-16-12/h5-6,9H,3-4,7,14H2,1-2H3. The lowest BCUT2D eigenvalue weighted by Crippen LogP contribution is -2.31. The quantitative estimate of drug-likeness (QED) is 0.828. The van der Waals surface area contributed by atoms with E-state index in [2.05, 4.69) is 19.9 Å². The summed E-state index contributed by atoms with van der Waals surface area (Å²) < 4.78 is 11.0. The first kappa shape index (κ1) is 9.97. The second-order valence-electron chi connectivity index (χ2n) is 4.99. The Hall–Kier alpha value is -1.22. The number of hydrogen-bond donors (Lipinski definition) is 1. The van der Waals surface area contributed by atoms with Crippen molar-refractivity contribution in [3.63, 3.8) is 0 Å². The summed E-state index contributed by atoms with van der Waals surface area (Å²) >= 11 is 0. The third-order valence-corrected chi connectivity index (χ3v) is 3.81. The van der Waals surface area contributed by atoms with Crippen molar-refractivity contribution in [3.8, 4) is 11.5 Å². The lowest BCUT2D eigenvalue weighted by molar-refractivity contribution is 0.172. The molecule has 1 aromatic carbocycles. The van der Waals surface area contributed by atoms with Gasteiger partial charge in [-0.3, -0.25) is 0 Å². The molecule has 0 radical (unpaired) electrons. The first-order chi connectivity index (χ1) is 7.63. The van der Waals surface area contributed by atoms with E-state index in [1.54, 1.807) is 0 Å². The molecule has 1 saturated carbocycles. The maximum absolute atomic E-state index is 6.11. The normalized spacial score (nSPS) is 21.9. The predicted octanol–water partition coefficient (Wildman–Crippen LogP) is 2.10. The molecule has 1 unspecified atom stereocenters. The molecule has 16 heavy (non-hydrogen) atoms. The lowest BCUT2D eigenvalue weighted by Gasteiger charge is -2.22. The van der Waals surface area contributed by atoms with Crippen LogP contribution in [0.3, 0.4) is 0 Å². The topological polar surface area (TPSA) is 44.5 Å². The molecule has 3 rings (SSSR count). The van der Waals surface area contributed by atoms with Crippen LogP contribution in [0.5, 0.6) is 11.5 Å². The van der Waals surface area contributed by atoms with Crippen LogP contribution < -0.4 is 15.2 Å². The molecule has 1 aromatic rings. The first-order valence-corrected chi connectivity index (χ1v) is 5.80. The van der Waals surface area contributed by atoms with Crippen molar-refractivity contribution in [2.75, 3.05) is 6.79 Å². The lowest BCUT2D eigenvalue weighted by atomic mass is 9.87. The predicted molar refractivity (Wildman–Crippen MR) is 61.9 cm³/mol. The van der Waals surface area contributed by atoms with Crippen molar-refractivity contribution < 1.29 is 9.47 Å². The van der Waals surface area contributed by atoms with Gasteiger partial charge in [-0.25, -0.2) is 0 Å². The van der Waals surface area contributed by atoms with Crippen molar-refractivity contribution >= 4 is 0 Å². The van der Waals surface area contributed by atoms with Crippen molar-refractivity contribution in [2.45, 2.75) is 38.1 Å². The van der Waals surface area contributed by atoms with Gasteiger partial charge in [-0.2, -0.15) is 0 Å². The fourth-order valence-corrected chi connectivity index (χ4v) is 2.62. The SMILES string of the molecule is Cc1cc2c(c(C3(C(C)N)CC3)c1)OCO2. The van der Waals surface area contributed by atoms with Crippen LogP contribution in [0.2, 0.25) is 0 Å². The third kappa shape index (κ3) is 1.24. The molecule has 1 atom stereocenters. The van der Waals surface area contributed by atoms with E-state index in [1.807, 2.05) is 6.07 Å². The molecular formula is C13H17NO2. The van der Waals surface area contributed by atoms with Gasteiger partial charge >= 0.3 is 0 Å². The summed E-state index contributed by atoms with van der Waals surface area (Å²) in [5, 5.41) is 0. The maximum atomic E-state index is 6.11. The number of aryl methyl sites for hydroxylation is 1. The van der Waals surface area contributed by atoms with E-state index in [0.717, 1.165) is 24.3 Å². The minimum atomic E-state index is 0.129. The fraction of sp³-hybridized carbons (Fsp3) is 0.538. The molecular weight excluding hydrogens is 202 g/mol. The third-order valence-electron chi connectivity index (χ3n) is 3.81. The van der Waals surface area contributed by atoms with E-state index in [0.29, 0.717) is 6.79 Å². The van der Waals surface area contributed by atoms with Gasteiger partial charge in [0.1, 0.15) is 0 Å². The summed E-state index contributed by atoms with van der Waals surface area (Å²) in [4.78, 5) is 0. The fourth-order valence-electron chi connectivity index (χ4n) is 2.62. The highest BCUT2D eigenvalue weighted by atomic mass is 16.7. The van der Waals surface area contributed by atoms with E-state index in [9.17, 15) is 0 Å². The van der Waals surface area contributed by atoms with Crippen LogP contribution in [-0.2, 0) is 5.41 Å². The summed E-state index contributed by atoms with van der Waals surface area (Å²) in [6.45, 7) is 4.50. The van der Waals surface area contributed by atoms with Gasteiger partial charge in [0.2, 0.25) is 6.79 Å². The number of benzene rings is 1. The molecule has 1 aliphatic heterocycles. The number of hydrogen-bond acceptors (Lipinski definition) is 3. The molecule has 1 aliphatic carbocycles. The van der Waals surface area contributed by atoms with Crippen molar-refractivity contribution in [3.05, 3.63) is 23.3 Å². The second kappa shape index (κ2) is 3.14. The zero-order valence-electron chi connectivity index (χ0n) is 9.75. The van der Waals surface area contributed by atoms with Crippen LogP contribution in [0.15, 0.2) is 12.1 Å². The van der Waals surface area contributed by atoms with Crippen molar-refractivity contribution in [2.24, 2.45) is 5.73 Å². The summed E-state index contributed by atoms with van der Waals surface area (Å²) in [5.74, 6) is 1.79. The highest BCUT2D eigenvalue weighted by Crippen LogP contribution is 2.56.